The summed E-state index contributed by atoms with van der Waals surface area (Å²) in [6.07, 6.45) is 1.37. The quantitative estimate of drug-likeness (QED) is 0.692. The molecule has 70 valence electrons. The third-order valence-corrected chi connectivity index (χ3v) is 3.03. The molecule has 0 amide bonds. The van der Waals surface area contributed by atoms with Crippen LogP contribution in [0.25, 0.3) is 0 Å². The van der Waals surface area contributed by atoms with Crippen molar-refractivity contribution in [2.45, 2.75) is 38.2 Å². The SMILES string of the molecule is CC1CC1CNC1CC(F)(F)C1. The van der Waals surface area contributed by atoms with Crippen molar-refractivity contribution in [1.29, 1.82) is 0 Å². The maximum atomic E-state index is 12.4. The summed E-state index contributed by atoms with van der Waals surface area (Å²) in [5.74, 6) is -0.787. The van der Waals surface area contributed by atoms with Crippen molar-refractivity contribution in [2.75, 3.05) is 6.54 Å². The zero-order chi connectivity index (χ0) is 8.77. The maximum Gasteiger partial charge on any atom is 0.251 e. The Bertz CT molecular complexity index is 173. The number of halogens is 2. The highest BCUT2D eigenvalue weighted by atomic mass is 19.3. The first kappa shape index (κ1) is 8.42. The highest BCUT2D eigenvalue weighted by molar-refractivity contribution is 4.93. The molecule has 3 heteroatoms. The van der Waals surface area contributed by atoms with Crippen molar-refractivity contribution < 1.29 is 8.78 Å². The van der Waals surface area contributed by atoms with Crippen molar-refractivity contribution >= 4 is 0 Å². The molecule has 0 aliphatic heterocycles. The van der Waals surface area contributed by atoms with E-state index >= 15 is 0 Å². The summed E-state index contributed by atoms with van der Waals surface area (Å²) in [5.41, 5.74) is 0. The lowest BCUT2D eigenvalue weighted by Crippen LogP contribution is -2.49. The summed E-state index contributed by atoms with van der Waals surface area (Å²) < 4.78 is 24.7. The third kappa shape index (κ3) is 1.76. The van der Waals surface area contributed by atoms with Gasteiger partial charge >= 0.3 is 0 Å². The van der Waals surface area contributed by atoms with E-state index < -0.39 is 5.92 Å². The van der Waals surface area contributed by atoms with E-state index in [1.807, 2.05) is 0 Å². The van der Waals surface area contributed by atoms with Crippen LogP contribution in [-0.4, -0.2) is 18.5 Å². The molecule has 2 fully saturated rings. The Hall–Kier alpha value is -0.180. The van der Waals surface area contributed by atoms with Crippen LogP contribution in [0.5, 0.6) is 0 Å². The minimum absolute atomic E-state index is 0.0497. The lowest BCUT2D eigenvalue weighted by atomic mass is 9.88. The van der Waals surface area contributed by atoms with Crippen LogP contribution in [-0.2, 0) is 0 Å². The topological polar surface area (TPSA) is 12.0 Å². The van der Waals surface area contributed by atoms with Gasteiger partial charge < -0.3 is 5.32 Å². The van der Waals surface area contributed by atoms with Crippen molar-refractivity contribution in [3.63, 3.8) is 0 Å². The molecule has 2 saturated carbocycles. The first-order valence-electron chi connectivity index (χ1n) is 4.68. The minimum Gasteiger partial charge on any atom is -0.313 e. The standard InChI is InChI=1S/C9H15F2N/c1-6-2-7(6)5-12-8-3-9(10,11)4-8/h6-8,12H,2-5H2,1H3. The molecule has 0 heterocycles. The van der Waals surface area contributed by atoms with Crippen molar-refractivity contribution in [3.05, 3.63) is 0 Å². The molecule has 0 bridgehead atoms. The Balaban J connectivity index is 1.58. The lowest BCUT2D eigenvalue weighted by molar-refractivity contribution is -0.0927. The van der Waals surface area contributed by atoms with E-state index in [1.54, 1.807) is 0 Å². The van der Waals surface area contributed by atoms with Gasteiger partial charge in [-0.3, -0.25) is 0 Å². The van der Waals surface area contributed by atoms with Gasteiger partial charge in [0.25, 0.3) is 5.92 Å². The summed E-state index contributed by atoms with van der Waals surface area (Å²) in [4.78, 5) is 0. The van der Waals surface area contributed by atoms with Gasteiger partial charge in [0.1, 0.15) is 0 Å². The molecular formula is C9H15F2N. The molecule has 1 nitrogen and oxygen atoms in total. The molecule has 0 aromatic rings. The predicted octanol–water partition coefficient (Wildman–Crippen LogP) is 2.03. The number of nitrogens with one attached hydrogen (secondary N) is 1. The fourth-order valence-electron chi connectivity index (χ4n) is 1.81. The molecule has 2 atom stereocenters. The van der Waals surface area contributed by atoms with Gasteiger partial charge in [-0.15, -0.1) is 0 Å². The van der Waals surface area contributed by atoms with E-state index in [9.17, 15) is 8.78 Å². The average Bonchev–Trinajstić information content (AvgIpc) is 2.57. The number of alkyl halides is 2. The fraction of sp³-hybridized carbons (Fsp3) is 1.00. The van der Waals surface area contributed by atoms with Gasteiger partial charge in [-0.1, -0.05) is 6.92 Å². The van der Waals surface area contributed by atoms with E-state index in [0.29, 0.717) is 0 Å². The monoisotopic (exact) mass is 175 g/mol. The predicted molar refractivity (Wildman–Crippen MR) is 43.2 cm³/mol. The van der Waals surface area contributed by atoms with Crippen LogP contribution in [0.15, 0.2) is 0 Å². The zero-order valence-corrected chi connectivity index (χ0v) is 7.32. The summed E-state index contributed by atoms with van der Waals surface area (Å²) in [6.45, 7) is 3.16. The van der Waals surface area contributed by atoms with Gasteiger partial charge in [0, 0.05) is 18.9 Å². The van der Waals surface area contributed by atoms with Crippen LogP contribution < -0.4 is 5.32 Å². The van der Waals surface area contributed by atoms with Crippen LogP contribution in [0.1, 0.15) is 26.2 Å². The molecule has 0 radical (unpaired) electrons. The van der Waals surface area contributed by atoms with Crippen molar-refractivity contribution in [3.8, 4) is 0 Å². The summed E-state index contributed by atoms with van der Waals surface area (Å²) in [7, 11) is 0. The maximum absolute atomic E-state index is 12.4. The van der Waals surface area contributed by atoms with Crippen molar-refractivity contribution in [1.82, 2.24) is 5.32 Å². The summed E-state index contributed by atoms with van der Waals surface area (Å²) >= 11 is 0. The van der Waals surface area contributed by atoms with Gasteiger partial charge in [0.15, 0.2) is 0 Å². The highest BCUT2D eigenvalue weighted by Crippen LogP contribution is 2.40. The van der Waals surface area contributed by atoms with E-state index in [1.165, 1.54) is 6.42 Å². The fourth-order valence-corrected chi connectivity index (χ4v) is 1.81. The molecule has 12 heavy (non-hydrogen) atoms. The van der Waals surface area contributed by atoms with Gasteiger partial charge in [-0.25, -0.2) is 8.78 Å². The molecule has 2 aliphatic rings. The second-order valence-electron chi connectivity index (χ2n) is 4.34. The third-order valence-electron chi connectivity index (χ3n) is 3.03. The Morgan fingerprint density at radius 1 is 1.42 bits per heavy atom. The van der Waals surface area contributed by atoms with Gasteiger partial charge in [0.2, 0.25) is 0 Å². The normalized spacial score (nSPS) is 39.2. The Labute approximate surface area is 71.5 Å². The zero-order valence-electron chi connectivity index (χ0n) is 7.32. The summed E-state index contributed by atoms with van der Waals surface area (Å²) in [5, 5.41) is 3.19. The molecular weight excluding hydrogens is 160 g/mol. The molecule has 0 spiro atoms. The lowest BCUT2D eigenvalue weighted by Gasteiger charge is -2.35. The molecule has 2 unspecified atom stereocenters. The molecule has 0 aromatic carbocycles. The van der Waals surface area contributed by atoms with Crippen molar-refractivity contribution in [2.24, 2.45) is 11.8 Å². The molecule has 0 saturated heterocycles. The first-order chi connectivity index (χ1) is 5.57. The molecule has 1 N–H and O–H groups in total. The van der Waals surface area contributed by atoms with Crippen LogP contribution in [0, 0.1) is 11.8 Å². The number of rotatable bonds is 3. The van der Waals surface area contributed by atoms with Gasteiger partial charge in [-0.05, 0) is 24.8 Å². The molecule has 0 aromatic heterocycles. The number of hydrogen-bond acceptors (Lipinski definition) is 1. The Morgan fingerprint density at radius 2 is 2.00 bits per heavy atom. The van der Waals surface area contributed by atoms with Crippen LogP contribution in [0.3, 0.4) is 0 Å². The van der Waals surface area contributed by atoms with E-state index in [2.05, 4.69) is 12.2 Å². The smallest absolute Gasteiger partial charge is 0.251 e. The largest absolute Gasteiger partial charge is 0.313 e. The van der Waals surface area contributed by atoms with E-state index in [-0.39, 0.29) is 18.9 Å². The second kappa shape index (κ2) is 2.66. The highest BCUT2D eigenvalue weighted by Gasteiger charge is 2.45. The minimum atomic E-state index is -2.37. The van der Waals surface area contributed by atoms with E-state index in [0.717, 1.165) is 18.4 Å². The second-order valence-corrected chi connectivity index (χ2v) is 4.34. The van der Waals surface area contributed by atoms with Gasteiger partial charge in [-0.2, -0.15) is 0 Å². The number of hydrogen-bond donors (Lipinski definition) is 1. The first-order valence-corrected chi connectivity index (χ1v) is 4.68. The Morgan fingerprint density at radius 3 is 2.42 bits per heavy atom. The summed E-state index contributed by atoms with van der Waals surface area (Å²) in [6, 6.07) is 0.0906. The molecule has 2 aliphatic carbocycles. The average molecular weight is 175 g/mol. The van der Waals surface area contributed by atoms with Crippen LogP contribution in [0.4, 0.5) is 8.78 Å². The Kier molecular flexibility index (Phi) is 1.86. The van der Waals surface area contributed by atoms with Gasteiger partial charge in [0.05, 0.1) is 0 Å². The van der Waals surface area contributed by atoms with Crippen LogP contribution >= 0.6 is 0 Å². The molecule has 2 rings (SSSR count). The van der Waals surface area contributed by atoms with E-state index in [4.69, 9.17) is 0 Å². The van der Waals surface area contributed by atoms with Crippen LogP contribution in [0.2, 0.25) is 0 Å².